The number of carbonyl (C=O) groups excluding carboxylic acids is 1. The van der Waals surface area contributed by atoms with Gasteiger partial charge in [-0.15, -0.1) is 16.4 Å². The second kappa shape index (κ2) is 10.4. The van der Waals surface area contributed by atoms with Crippen molar-refractivity contribution in [1.82, 2.24) is 25.0 Å². The van der Waals surface area contributed by atoms with Gasteiger partial charge < -0.3 is 5.32 Å². The Bertz CT molecular complexity index is 1420. The highest BCUT2D eigenvalue weighted by Crippen LogP contribution is 2.34. The van der Waals surface area contributed by atoms with Gasteiger partial charge in [-0.2, -0.15) is 0 Å². The fourth-order valence-electron chi connectivity index (χ4n) is 3.71. The van der Waals surface area contributed by atoms with Crippen LogP contribution in [0.2, 0.25) is 14.4 Å². The summed E-state index contributed by atoms with van der Waals surface area (Å²) in [5.41, 5.74) is 3.52. The second-order valence-electron chi connectivity index (χ2n) is 7.82. The monoisotopic (exact) mass is 577 g/mol. The van der Waals surface area contributed by atoms with Crippen LogP contribution in [-0.2, 0) is 23.0 Å². The zero-order chi connectivity index (χ0) is 25.3. The summed E-state index contributed by atoms with van der Waals surface area (Å²) in [6.07, 6.45) is 1.52. The van der Waals surface area contributed by atoms with E-state index in [0.29, 0.717) is 59.1 Å². The first-order valence-corrected chi connectivity index (χ1v) is 13.8. The van der Waals surface area contributed by atoms with Crippen LogP contribution in [0.4, 0.5) is 9.18 Å². The fraction of sp³-hybridized carbons (Fsp3) is 0.286. The Morgan fingerprint density at radius 3 is 2.71 bits per heavy atom. The lowest BCUT2D eigenvalue weighted by atomic mass is 9.96. The SMILES string of the molecule is Cc1cc(Cl)ccc1Cc1nnn2c1/C(=C(\F)CNC(=O)NS(=O)(=O)c1cc(Cl)c(Cl)s1)CCC2. The predicted molar refractivity (Wildman–Crippen MR) is 134 cm³/mol. The molecule has 8 nitrogen and oxygen atoms in total. The average Bonchev–Trinajstić information content (AvgIpc) is 3.37. The maximum Gasteiger partial charge on any atom is 0.329 e. The molecule has 3 aromatic rings. The normalized spacial score (nSPS) is 15.0. The Morgan fingerprint density at radius 2 is 2.03 bits per heavy atom. The zero-order valence-electron chi connectivity index (χ0n) is 18.2. The summed E-state index contributed by atoms with van der Waals surface area (Å²) >= 11 is 18.3. The third-order valence-corrected chi connectivity index (χ3v) is 9.30. The number of sulfonamides is 1. The lowest BCUT2D eigenvalue weighted by molar-refractivity contribution is 0.246. The van der Waals surface area contributed by atoms with Gasteiger partial charge in [-0.05, 0) is 49.1 Å². The van der Waals surface area contributed by atoms with Crippen molar-refractivity contribution < 1.29 is 17.6 Å². The number of carbonyl (C=O) groups is 1. The average molecular weight is 579 g/mol. The van der Waals surface area contributed by atoms with E-state index in [1.165, 1.54) is 0 Å². The fourth-order valence-corrected chi connectivity index (χ4v) is 6.75. The number of hydrogen-bond acceptors (Lipinski definition) is 6. The topological polar surface area (TPSA) is 106 Å². The molecule has 0 fully saturated rings. The van der Waals surface area contributed by atoms with E-state index < -0.39 is 28.4 Å². The Morgan fingerprint density at radius 1 is 1.26 bits per heavy atom. The van der Waals surface area contributed by atoms with Gasteiger partial charge in [0.25, 0.3) is 10.0 Å². The number of nitrogens with one attached hydrogen (secondary N) is 2. The van der Waals surface area contributed by atoms with E-state index >= 15 is 4.39 Å². The predicted octanol–water partition coefficient (Wildman–Crippen LogP) is 5.36. The van der Waals surface area contributed by atoms with Crippen molar-refractivity contribution in [2.75, 3.05) is 6.54 Å². The van der Waals surface area contributed by atoms with Gasteiger partial charge >= 0.3 is 6.03 Å². The van der Waals surface area contributed by atoms with Gasteiger partial charge in [0.2, 0.25) is 0 Å². The van der Waals surface area contributed by atoms with Gasteiger partial charge in [0, 0.05) is 23.6 Å². The number of aryl methyl sites for hydroxylation is 2. The van der Waals surface area contributed by atoms with Crippen molar-refractivity contribution in [3.8, 4) is 0 Å². The molecule has 0 unspecified atom stereocenters. The van der Waals surface area contributed by atoms with Crippen LogP contribution in [0.3, 0.4) is 0 Å². The molecular formula is C21H19Cl3FN5O3S2. The Kier molecular flexibility index (Phi) is 7.72. The lowest BCUT2D eigenvalue weighted by Crippen LogP contribution is -2.39. The summed E-state index contributed by atoms with van der Waals surface area (Å²) in [7, 11) is -4.21. The van der Waals surface area contributed by atoms with Crippen LogP contribution in [0.5, 0.6) is 0 Å². The van der Waals surface area contributed by atoms with E-state index in [1.54, 1.807) is 10.7 Å². The number of rotatable bonds is 6. The number of urea groups is 1. The van der Waals surface area contributed by atoms with Crippen molar-refractivity contribution in [3.05, 3.63) is 67.0 Å². The Labute approximate surface area is 220 Å². The van der Waals surface area contributed by atoms with Crippen molar-refractivity contribution in [3.63, 3.8) is 0 Å². The quantitative estimate of drug-likeness (QED) is 0.410. The molecule has 35 heavy (non-hydrogen) atoms. The first-order valence-electron chi connectivity index (χ1n) is 10.4. The van der Waals surface area contributed by atoms with Crippen LogP contribution >= 0.6 is 46.1 Å². The molecule has 0 radical (unpaired) electrons. The number of benzene rings is 1. The van der Waals surface area contributed by atoms with Gasteiger partial charge in [0.05, 0.1) is 23.0 Å². The number of allylic oxidation sites excluding steroid dienone is 1. The van der Waals surface area contributed by atoms with Gasteiger partial charge in [0.1, 0.15) is 14.4 Å². The Balaban J connectivity index is 1.50. The van der Waals surface area contributed by atoms with E-state index in [0.717, 1.165) is 17.2 Å². The Hall–Kier alpha value is -2.18. The van der Waals surface area contributed by atoms with Gasteiger partial charge in [0.15, 0.2) is 0 Å². The smallest absolute Gasteiger partial charge is 0.329 e. The minimum Gasteiger partial charge on any atom is -0.331 e. The van der Waals surface area contributed by atoms with E-state index in [4.69, 9.17) is 34.8 Å². The summed E-state index contributed by atoms with van der Waals surface area (Å²) in [5, 5.41) is 11.3. The van der Waals surface area contributed by atoms with Crippen molar-refractivity contribution in [2.45, 2.75) is 36.9 Å². The molecule has 1 aromatic carbocycles. The highest BCUT2D eigenvalue weighted by atomic mass is 35.5. The number of thiophene rings is 1. The minimum atomic E-state index is -4.21. The summed E-state index contributed by atoms with van der Waals surface area (Å²) in [4.78, 5) is 12.2. The molecule has 186 valence electrons. The van der Waals surface area contributed by atoms with Crippen LogP contribution in [0, 0.1) is 6.92 Å². The molecule has 1 aliphatic heterocycles. The summed E-state index contributed by atoms with van der Waals surface area (Å²) in [6.45, 7) is 2.02. The summed E-state index contributed by atoms with van der Waals surface area (Å²) in [6, 6.07) is 5.57. The molecule has 0 aliphatic carbocycles. The van der Waals surface area contributed by atoms with E-state index in [9.17, 15) is 13.2 Å². The number of aromatic nitrogens is 3. The molecule has 0 spiro atoms. The first-order chi connectivity index (χ1) is 16.5. The molecule has 0 saturated heterocycles. The van der Waals surface area contributed by atoms with Gasteiger partial charge in [-0.1, -0.05) is 46.1 Å². The zero-order valence-corrected chi connectivity index (χ0v) is 22.1. The largest absolute Gasteiger partial charge is 0.331 e. The molecule has 2 aromatic heterocycles. The number of hydrogen-bond donors (Lipinski definition) is 2. The number of halogens is 4. The molecule has 0 bridgehead atoms. The third kappa shape index (κ3) is 5.80. The molecule has 2 N–H and O–H groups in total. The summed E-state index contributed by atoms with van der Waals surface area (Å²) in [5.74, 6) is -0.600. The minimum absolute atomic E-state index is 0.0559. The van der Waals surface area contributed by atoms with Crippen LogP contribution in [0.25, 0.3) is 5.57 Å². The maximum absolute atomic E-state index is 15.2. The molecule has 4 rings (SSSR count). The van der Waals surface area contributed by atoms with E-state index in [1.807, 2.05) is 23.8 Å². The van der Waals surface area contributed by atoms with Crippen LogP contribution < -0.4 is 10.0 Å². The number of fused-ring (bicyclic) bond motifs is 1. The first kappa shape index (κ1) is 25.9. The molecule has 3 heterocycles. The lowest BCUT2D eigenvalue weighted by Gasteiger charge is -2.19. The maximum atomic E-state index is 15.2. The number of amides is 2. The molecule has 2 amide bonds. The molecule has 14 heteroatoms. The van der Waals surface area contributed by atoms with E-state index in [2.05, 4.69) is 15.6 Å². The van der Waals surface area contributed by atoms with E-state index in [-0.39, 0.29) is 13.6 Å². The number of nitrogens with zero attached hydrogens (tertiary/aromatic N) is 3. The van der Waals surface area contributed by atoms with Gasteiger partial charge in [-0.25, -0.2) is 27.0 Å². The second-order valence-corrected chi connectivity index (χ2v) is 12.2. The van der Waals surface area contributed by atoms with Crippen LogP contribution in [0.1, 0.15) is 35.4 Å². The highest BCUT2D eigenvalue weighted by molar-refractivity contribution is 7.92. The molecule has 0 atom stereocenters. The third-order valence-electron chi connectivity index (χ3n) is 5.40. The van der Waals surface area contributed by atoms with Crippen LogP contribution in [0.15, 0.2) is 34.3 Å². The summed E-state index contributed by atoms with van der Waals surface area (Å²) < 4.78 is 43.2. The van der Waals surface area contributed by atoms with Crippen molar-refractivity contribution in [1.29, 1.82) is 0 Å². The standard InChI is InChI=1S/C21H19Cl3FN5O3S2/c1-11-7-13(22)5-4-12(11)8-17-19-14(3-2-6-30(19)29-27-17)16(25)10-26-21(31)28-35(32,33)18-9-15(23)20(24)34-18/h4-5,7,9H,2-3,6,8,10H2,1H3,(H2,26,28,31)/b16-14-. The highest BCUT2D eigenvalue weighted by Gasteiger charge is 2.26. The van der Waals surface area contributed by atoms with Gasteiger partial charge in [-0.3, -0.25) is 0 Å². The van der Waals surface area contributed by atoms with Crippen LogP contribution in [-0.4, -0.2) is 36.0 Å². The van der Waals surface area contributed by atoms with Crippen molar-refractivity contribution in [2.24, 2.45) is 0 Å². The van der Waals surface area contributed by atoms with Crippen molar-refractivity contribution >= 4 is 67.8 Å². The molecule has 1 aliphatic rings. The molecule has 0 saturated carbocycles. The molecular weight excluding hydrogens is 560 g/mol.